The SMILES string of the molecule is Cn1nnnc1N1CCN(C(=O)CC2CSCCS2)CC1. The van der Waals surface area contributed by atoms with Crippen LogP contribution in [0.15, 0.2) is 0 Å². The topological polar surface area (TPSA) is 67.2 Å². The van der Waals surface area contributed by atoms with Crippen molar-refractivity contribution < 1.29 is 4.79 Å². The Kier molecular flexibility index (Phi) is 4.89. The van der Waals surface area contributed by atoms with Crippen LogP contribution in [0.3, 0.4) is 0 Å². The number of carbonyl (C=O) groups excluding carboxylic acids is 1. The Hall–Kier alpha value is -0.960. The van der Waals surface area contributed by atoms with Crippen LogP contribution in [0.2, 0.25) is 0 Å². The van der Waals surface area contributed by atoms with Crippen LogP contribution < -0.4 is 4.90 Å². The molecule has 1 atom stereocenters. The van der Waals surface area contributed by atoms with E-state index in [1.54, 1.807) is 4.68 Å². The van der Waals surface area contributed by atoms with Crippen LogP contribution in [0.1, 0.15) is 6.42 Å². The quantitative estimate of drug-likeness (QED) is 0.779. The molecule has 1 amide bonds. The first-order valence-corrected chi connectivity index (χ1v) is 9.39. The molecule has 1 aromatic heterocycles. The summed E-state index contributed by atoms with van der Waals surface area (Å²) in [4.78, 5) is 16.5. The Bertz CT molecular complexity index is 482. The second kappa shape index (κ2) is 6.87. The molecule has 2 fully saturated rings. The Morgan fingerprint density at radius 3 is 2.71 bits per heavy atom. The van der Waals surface area contributed by atoms with Crippen LogP contribution in [0, 0.1) is 0 Å². The second-order valence-corrected chi connectivity index (χ2v) is 7.80. The zero-order valence-electron chi connectivity index (χ0n) is 12.1. The number of thioether (sulfide) groups is 2. The highest BCUT2D eigenvalue weighted by Gasteiger charge is 2.26. The van der Waals surface area contributed by atoms with Gasteiger partial charge in [0.1, 0.15) is 0 Å². The molecule has 0 N–H and O–H groups in total. The largest absolute Gasteiger partial charge is 0.339 e. The second-order valence-electron chi connectivity index (χ2n) is 5.24. The normalized spacial score (nSPS) is 23.4. The lowest BCUT2D eigenvalue weighted by molar-refractivity contribution is -0.131. The Balaban J connectivity index is 1.48. The number of tetrazole rings is 1. The summed E-state index contributed by atoms with van der Waals surface area (Å²) in [7, 11) is 1.84. The molecule has 3 heterocycles. The van der Waals surface area contributed by atoms with Gasteiger partial charge in [0.05, 0.1) is 0 Å². The minimum absolute atomic E-state index is 0.297. The molecule has 0 aliphatic carbocycles. The summed E-state index contributed by atoms with van der Waals surface area (Å²) in [6, 6.07) is 0. The van der Waals surface area contributed by atoms with Crippen LogP contribution in [0.4, 0.5) is 5.95 Å². The molecule has 0 radical (unpaired) electrons. The minimum atomic E-state index is 0.297. The number of aryl methyl sites for hydroxylation is 1. The average molecular weight is 328 g/mol. The summed E-state index contributed by atoms with van der Waals surface area (Å²) >= 11 is 3.91. The van der Waals surface area contributed by atoms with Crippen LogP contribution in [0.25, 0.3) is 0 Å². The van der Waals surface area contributed by atoms with Crippen molar-refractivity contribution in [2.24, 2.45) is 7.05 Å². The fraction of sp³-hybridized carbons (Fsp3) is 0.833. The van der Waals surface area contributed by atoms with E-state index < -0.39 is 0 Å². The van der Waals surface area contributed by atoms with Gasteiger partial charge in [-0.15, -0.1) is 0 Å². The Morgan fingerprint density at radius 2 is 2.10 bits per heavy atom. The third-order valence-corrected chi connectivity index (χ3v) is 6.65. The van der Waals surface area contributed by atoms with Crippen LogP contribution in [-0.4, -0.2) is 79.7 Å². The molecule has 2 saturated heterocycles. The molecule has 2 aliphatic heterocycles. The van der Waals surface area contributed by atoms with Gasteiger partial charge in [0.15, 0.2) is 0 Å². The summed E-state index contributed by atoms with van der Waals surface area (Å²) in [5.41, 5.74) is 0. The summed E-state index contributed by atoms with van der Waals surface area (Å²) < 4.78 is 1.67. The molecule has 1 aromatic rings. The molecule has 2 aliphatic rings. The zero-order chi connectivity index (χ0) is 14.7. The highest BCUT2D eigenvalue weighted by Crippen LogP contribution is 2.27. The maximum Gasteiger partial charge on any atom is 0.245 e. The number of piperazine rings is 1. The predicted octanol–water partition coefficient (Wildman–Crippen LogP) is 0.0974. The van der Waals surface area contributed by atoms with Crippen molar-refractivity contribution in [3.8, 4) is 0 Å². The van der Waals surface area contributed by atoms with Gasteiger partial charge in [0.2, 0.25) is 11.9 Å². The van der Waals surface area contributed by atoms with E-state index >= 15 is 0 Å². The highest BCUT2D eigenvalue weighted by atomic mass is 32.2. The lowest BCUT2D eigenvalue weighted by Gasteiger charge is -2.35. The minimum Gasteiger partial charge on any atom is -0.339 e. The summed E-state index contributed by atoms with van der Waals surface area (Å²) in [6.45, 7) is 3.12. The van der Waals surface area contributed by atoms with Gasteiger partial charge in [-0.1, -0.05) is 5.10 Å². The molecule has 3 rings (SSSR count). The Labute approximate surface area is 132 Å². The first kappa shape index (κ1) is 15.0. The maximum atomic E-state index is 12.4. The summed E-state index contributed by atoms with van der Waals surface area (Å²) in [6.07, 6.45) is 0.684. The lowest BCUT2D eigenvalue weighted by atomic mass is 10.2. The van der Waals surface area contributed by atoms with Crippen molar-refractivity contribution >= 4 is 35.4 Å². The van der Waals surface area contributed by atoms with Gasteiger partial charge in [-0.2, -0.15) is 23.5 Å². The maximum absolute atomic E-state index is 12.4. The molecule has 0 spiro atoms. The molecule has 1 unspecified atom stereocenters. The molecule has 116 valence electrons. The van der Waals surface area contributed by atoms with Crippen molar-refractivity contribution in [1.82, 2.24) is 25.1 Å². The Morgan fingerprint density at radius 1 is 1.29 bits per heavy atom. The molecular formula is C12H20N6OS2. The van der Waals surface area contributed by atoms with E-state index in [1.165, 1.54) is 11.5 Å². The average Bonchev–Trinajstić information content (AvgIpc) is 2.94. The smallest absolute Gasteiger partial charge is 0.245 e. The number of rotatable bonds is 3. The number of carbonyl (C=O) groups is 1. The van der Waals surface area contributed by atoms with E-state index in [0.29, 0.717) is 17.6 Å². The molecule has 0 aromatic carbocycles. The predicted molar refractivity (Wildman–Crippen MR) is 85.8 cm³/mol. The molecule has 0 bridgehead atoms. The van der Waals surface area contributed by atoms with Crippen molar-refractivity contribution in [1.29, 1.82) is 0 Å². The van der Waals surface area contributed by atoms with Gasteiger partial charge >= 0.3 is 0 Å². The fourth-order valence-corrected chi connectivity index (χ4v) is 5.30. The lowest BCUT2D eigenvalue weighted by Crippen LogP contribution is -2.50. The van der Waals surface area contributed by atoms with E-state index in [9.17, 15) is 4.79 Å². The number of aromatic nitrogens is 4. The monoisotopic (exact) mass is 328 g/mol. The van der Waals surface area contributed by atoms with E-state index in [0.717, 1.165) is 37.9 Å². The van der Waals surface area contributed by atoms with E-state index in [1.807, 2.05) is 35.5 Å². The van der Waals surface area contributed by atoms with Gasteiger partial charge in [-0.25, -0.2) is 4.68 Å². The van der Waals surface area contributed by atoms with E-state index in [-0.39, 0.29) is 0 Å². The van der Waals surface area contributed by atoms with E-state index in [4.69, 9.17) is 0 Å². The summed E-state index contributed by atoms with van der Waals surface area (Å²) in [5, 5.41) is 12.0. The molecule has 7 nitrogen and oxygen atoms in total. The molecule has 0 saturated carbocycles. The van der Waals surface area contributed by atoms with Gasteiger partial charge in [0, 0.05) is 62.2 Å². The molecule has 9 heteroatoms. The van der Waals surface area contributed by atoms with Gasteiger partial charge in [0.25, 0.3) is 0 Å². The number of nitrogens with zero attached hydrogens (tertiary/aromatic N) is 6. The van der Waals surface area contributed by atoms with Crippen molar-refractivity contribution in [2.45, 2.75) is 11.7 Å². The third-order valence-electron chi connectivity index (χ3n) is 3.80. The first-order chi connectivity index (χ1) is 10.2. The fourth-order valence-electron chi connectivity index (χ4n) is 2.63. The van der Waals surface area contributed by atoms with Gasteiger partial charge in [-0.3, -0.25) is 4.79 Å². The van der Waals surface area contributed by atoms with Gasteiger partial charge < -0.3 is 9.80 Å². The summed E-state index contributed by atoms with van der Waals surface area (Å²) in [5.74, 6) is 4.59. The molecule has 21 heavy (non-hydrogen) atoms. The number of anilines is 1. The van der Waals surface area contributed by atoms with Crippen LogP contribution in [-0.2, 0) is 11.8 Å². The standard InChI is InChI=1S/C12H20N6OS2/c1-16-12(13-14-15-16)18-4-2-17(3-5-18)11(19)8-10-9-20-6-7-21-10/h10H,2-9H2,1H3. The number of hydrogen-bond acceptors (Lipinski definition) is 7. The first-order valence-electron chi connectivity index (χ1n) is 7.18. The van der Waals surface area contributed by atoms with Crippen LogP contribution >= 0.6 is 23.5 Å². The van der Waals surface area contributed by atoms with Gasteiger partial charge in [-0.05, 0) is 10.4 Å². The third kappa shape index (κ3) is 3.63. The van der Waals surface area contributed by atoms with Crippen molar-refractivity contribution in [2.75, 3.05) is 48.3 Å². The highest BCUT2D eigenvalue weighted by molar-refractivity contribution is 8.06. The zero-order valence-corrected chi connectivity index (χ0v) is 13.8. The van der Waals surface area contributed by atoms with Crippen molar-refractivity contribution in [3.05, 3.63) is 0 Å². The number of hydrogen-bond donors (Lipinski definition) is 0. The number of amides is 1. The van der Waals surface area contributed by atoms with E-state index in [2.05, 4.69) is 20.4 Å². The molecular weight excluding hydrogens is 308 g/mol. The van der Waals surface area contributed by atoms with Crippen molar-refractivity contribution in [3.63, 3.8) is 0 Å². The van der Waals surface area contributed by atoms with Crippen LogP contribution in [0.5, 0.6) is 0 Å².